The molecule has 5 nitrogen and oxygen atoms in total. The summed E-state index contributed by atoms with van der Waals surface area (Å²) in [4.78, 5) is 2.32. The summed E-state index contributed by atoms with van der Waals surface area (Å²) in [6, 6.07) is 53.9. The van der Waals surface area contributed by atoms with E-state index < -0.39 is 0 Å². The lowest BCUT2D eigenvalue weighted by molar-refractivity contribution is 0.669. The Balaban J connectivity index is 1.16. The zero-order valence-electron chi connectivity index (χ0n) is 26.1. The molecule has 7 aromatic carbocycles. The van der Waals surface area contributed by atoms with Gasteiger partial charge < -0.3 is 13.7 Å². The summed E-state index contributed by atoms with van der Waals surface area (Å²) in [6.45, 7) is 0. The number of hydrogen-bond donors (Lipinski definition) is 0. The first-order chi connectivity index (χ1) is 24.3. The largest absolute Gasteiger partial charge is 0.456 e. The molecule has 228 valence electrons. The topological polar surface area (TPSA) is 38.3 Å². The van der Waals surface area contributed by atoms with Crippen LogP contribution in [0.2, 0.25) is 0 Å². The molecule has 0 spiro atoms. The number of anilines is 3. The summed E-state index contributed by atoms with van der Waals surface area (Å²) in [5.41, 5.74) is 12.6. The van der Waals surface area contributed by atoms with Gasteiger partial charge in [-0.25, -0.2) is 0 Å². The molecule has 0 bridgehead atoms. The molecule has 0 aliphatic carbocycles. The third kappa shape index (κ3) is 3.24. The fourth-order valence-corrected chi connectivity index (χ4v) is 8.36. The molecule has 0 fully saturated rings. The van der Waals surface area contributed by atoms with Crippen LogP contribution in [0.25, 0.3) is 87.7 Å². The maximum Gasteiger partial charge on any atom is 0.137 e. The summed E-state index contributed by atoms with van der Waals surface area (Å²) >= 11 is 0. The van der Waals surface area contributed by atoms with E-state index in [1.54, 1.807) is 0 Å². The number of imidazole rings is 1. The van der Waals surface area contributed by atoms with Gasteiger partial charge in [-0.3, -0.25) is 8.80 Å². The van der Waals surface area contributed by atoms with Crippen LogP contribution in [-0.2, 0) is 0 Å². The van der Waals surface area contributed by atoms with E-state index in [4.69, 9.17) is 8.83 Å². The first-order valence-electron chi connectivity index (χ1n) is 16.6. The molecule has 0 atom stereocenters. The first-order valence-corrected chi connectivity index (χ1v) is 16.6. The summed E-state index contributed by atoms with van der Waals surface area (Å²) in [5.74, 6) is 0. The van der Waals surface area contributed by atoms with E-state index >= 15 is 0 Å². The molecule has 0 aliphatic rings. The van der Waals surface area contributed by atoms with E-state index in [0.29, 0.717) is 0 Å². The summed E-state index contributed by atoms with van der Waals surface area (Å²) in [7, 11) is 0. The first kappa shape index (κ1) is 25.4. The molecule has 0 unspecified atom stereocenters. The van der Waals surface area contributed by atoms with Crippen LogP contribution >= 0.6 is 0 Å². The van der Waals surface area contributed by atoms with Gasteiger partial charge in [-0.05, 0) is 72.8 Å². The fourth-order valence-electron chi connectivity index (χ4n) is 8.36. The Morgan fingerprint density at radius 2 is 0.796 bits per heavy atom. The van der Waals surface area contributed by atoms with Crippen molar-refractivity contribution in [1.29, 1.82) is 0 Å². The highest BCUT2D eigenvalue weighted by molar-refractivity contribution is 6.24. The molecule has 12 aromatic rings. The molecular weight excluding hydrogens is 603 g/mol. The lowest BCUT2D eigenvalue weighted by atomic mass is 10.1. The SMILES string of the molecule is c1ccc2c(c1)oc1cc(N(c3ccc4c(c3)oc3ccccc34)c3ccc4c(c3)c3c5ccccc5n5c6ccccc6n4c35)ccc12. The van der Waals surface area contributed by atoms with Gasteiger partial charge in [-0.1, -0.05) is 66.7 Å². The van der Waals surface area contributed by atoms with Gasteiger partial charge in [0.15, 0.2) is 0 Å². The van der Waals surface area contributed by atoms with Crippen LogP contribution < -0.4 is 4.90 Å². The van der Waals surface area contributed by atoms with Gasteiger partial charge in [0.2, 0.25) is 0 Å². The van der Waals surface area contributed by atoms with E-state index in [9.17, 15) is 0 Å². The number of nitrogens with zero attached hydrogens (tertiary/aromatic N) is 3. The zero-order chi connectivity index (χ0) is 31.8. The number of rotatable bonds is 3. The Labute approximate surface area is 278 Å². The van der Waals surface area contributed by atoms with Crippen LogP contribution in [0.3, 0.4) is 0 Å². The van der Waals surface area contributed by atoms with Crippen molar-refractivity contribution in [2.45, 2.75) is 0 Å². The summed E-state index contributed by atoms with van der Waals surface area (Å²) < 4.78 is 17.6. The number of aromatic nitrogens is 2. The molecule has 0 N–H and O–H groups in total. The van der Waals surface area contributed by atoms with Crippen LogP contribution in [0.1, 0.15) is 0 Å². The van der Waals surface area contributed by atoms with Gasteiger partial charge >= 0.3 is 0 Å². The fraction of sp³-hybridized carbons (Fsp3) is 0. The van der Waals surface area contributed by atoms with Gasteiger partial charge in [0.1, 0.15) is 28.0 Å². The van der Waals surface area contributed by atoms with Crippen molar-refractivity contribution in [3.8, 4) is 0 Å². The second kappa shape index (κ2) is 9.00. The zero-order valence-corrected chi connectivity index (χ0v) is 26.1. The third-order valence-corrected chi connectivity index (χ3v) is 10.4. The van der Waals surface area contributed by atoms with Gasteiger partial charge in [-0.15, -0.1) is 0 Å². The van der Waals surface area contributed by atoms with Crippen LogP contribution in [0.5, 0.6) is 0 Å². The summed E-state index contributed by atoms with van der Waals surface area (Å²) in [5, 5.41) is 8.20. The Hall–Kier alpha value is -6.72. The van der Waals surface area contributed by atoms with Crippen molar-refractivity contribution in [2.75, 3.05) is 4.90 Å². The summed E-state index contributed by atoms with van der Waals surface area (Å²) in [6.07, 6.45) is 0. The van der Waals surface area contributed by atoms with E-state index in [1.165, 1.54) is 43.9 Å². The highest BCUT2D eigenvalue weighted by Crippen LogP contribution is 2.45. The predicted molar refractivity (Wildman–Crippen MR) is 201 cm³/mol. The molecule has 5 aromatic heterocycles. The lowest BCUT2D eigenvalue weighted by Gasteiger charge is -2.25. The predicted octanol–water partition coefficient (Wildman–Crippen LogP) is 12.4. The number of hydrogen-bond acceptors (Lipinski definition) is 3. The maximum atomic E-state index is 6.40. The van der Waals surface area contributed by atoms with Crippen molar-refractivity contribution in [3.63, 3.8) is 0 Å². The Morgan fingerprint density at radius 3 is 1.41 bits per heavy atom. The molecule has 0 amide bonds. The molecule has 12 rings (SSSR count). The van der Waals surface area contributed by atoms with Gasteiger partial charge in [0, 0.05) is 66.9 Å². The highest BCUT2D eigenvalue weighted by atomic mass is 16.3. The molecule has 0 aliphatic heterocycles. The molecule has 5 heteroatoms. The van der Waals surface area contributed by atoms with Gasteiger partial charge in [0.25, 0.3) is 0 Å². The Morgan fingerprint density at radius 1 is 0.347 bits per heavy atom. The van der Waals surface area contributed by atoms with Gasteiger partial charge in [0.05, 0.1) is 22.1 Å². The highest BCUT2D eigenvalue weighted by Gasteiger charge is 2.24. The molecule has 0 saturated carbocycles. The minimum atomic E-state index is 0.859. The molecule has 0 saturated heterocycles. The molecular formula is C44H25N3O2. The Bertz CT molecular complexity index is 3180. The molecule has 0 radical (unpaired) electrons. The third-order valence-electron chi connectivity index (χ3n) is 10.4. The van der Waals surface area contributed by atoms with Crippen LogP contribution in [0.15, 0.2) is 160 Å². The maximum absolute atomic E-state index is 6.40. The van der Waals surface area contributed by atoms with E-state index in [2.05, 4.69) is 141 Å². The lowest BCUT2D eigenvalue weighted by Crippen LogP contribution is -2.09. The van der Waals surface area contributed by atoms with Crippen molar-refractivity contribution in [1.82, 2.24) is 8.80 Å². The average molecular weight is 628 g/mol. The minimum Gasteiger partial charge on any atom is -0.456 e. The molecule has 5 heterocycles. The van der Waals surface area contributed by atoms with Crippen LogP contribution in [0, 0.1) is 0 Å². The normalized spacial score (nSPS) is 12.5. The second-order valence-corrected chi connectivity index (χ2v) is 13.0. The number of fused-ring (bicyclic) bond motifs is 15. The second-order valence-electron chi connectivity index (χ2n) is 13.0. The monoisotopic (exact) mass is 627 g/mol. The number of furan rings is 2. The molecule has 49 heavy (non-hydrogen) atoms. The minimum absolute atomic E-state index is 0.859. The van der Waals surface area contributed by atoms with E-state index in [-0.39, 0.29) is 0 Å². The van der Waals surface area contributed by atoms with Crippen molar-refractivity contribution in [3.05, 3.63) is 152 Å². The van der Waals surface area contributed by atoms with E-state index in [0.717, 1.165) is 60.9 Å². The number of para-hydroxylation sites is 5. The smallest absolute Gasteiger partial charge is 0.137 e. The van der Waals surface area contributed by atoms with Crippen molar-refractivity contribution < 1.29 is 8.83 Å². The van der Waals surface area contributed by atoms with Gasteiger partial charge in [-0.2, -0.15) is 0 Å². The average Bonchev–Trinajstić information content (AvgIpc) is 3.94. The van der Waals surface area contributed by atoms with Crippen molar-refractivity contribution >= 4 is 105 Å². The standard InChI is InChI=1S/C44H25N3O2/c1-4-12-35-33(11-1)43-34-23-26(19-22-36(34)47-38-14-6-5-13-37(38)46(35)44(43)47)45(27-17-20-31-29-9-2-7-15-39(29)48-41(31)24-27)28-18-21-32-30-10-3-8-16-40(30)49-42(32)25-28/h1-25H. The van der Waals surface area contributed by atoms with Crippen LogP contribution in [-0.4, -0.2) is 8.80 Å². The quantitative estimate of drug-likeness (QED) is 0.196. The van der Waals surface area contributed by atoms with E-state index in [1.807, 2.05) is 24.3 Å². The van der Waals surface area contributed by atoms with Crippen LogP contribution in [0.4, 0.5) is 17.1 Å². The van der Waals surface area contributed by atoms with Crippen molar-refractivity contribution in [2.24, 2.45) is 0 Å². The number of benzene rings is 7. The Kier molecular flexibility index (Phi) is 4.66.